The Morgan fingerprint density at radius 3 is 2.03 bits per heavy atom. The zero-order valence-corrected chi connectivity index (χ0v) is 21.9. The third-order valence-electron chi connectivity index (χ3n) is 7.14. The highest BCUT2D eigenvalue weighted by atomic mass is 32.2. The lowest BCUT2D eigenvalue weighted by molar-refractivity contribution is -0.158. The van der Waals surface area contributed by atoms with Gasteiger partial charge in [0.05, 0.1) is 0 Å². The highest BCUT2D eigenvalue weighted by Gasteiger charge is 2.36. The maximum Gasteiger partial charge on any atom is 0.345 e. The van der Waals surface area contributed by atoms with E-state index in [4.69, 9.17) is 9.47 Å². The average Bonchev–Trinajstić information content (AvgIpc) is 3.52. The third kappa shape index (κ3) is 4.21. The van der Waals surface area contributed by atoms with Crippen molar-refractivity contribution in [2.75, 3.05) is 6.61 Å². The van der Waals surface area contributed by atoms with E-state index in [1.165, 1.54) is 25.1 Å². The number of hydrogen-bond donors (Lipinski definition) is 0. The van der Waals surface area contributed by atoms with Crippen LogP contribution in [0.15, 0.2) is 103 Å². The van der Waals surface area contributed by atoms with Gasteiger partial charge in [-0.2, -0.15) is 0 Å². The molecule has 3 nitrogen and oxygen atoms in total. The Bertz CT molecular complexity index is 1570. The van der Waals surface area contributed by atoms with Crippen LogP contribution in [-0.2, 0) is 15.1 Å². The van der Waals surface area contributed by atoms with Crippen molar-refractivity contribution < 1.29 is 14.3 Å². The fourth-order valence-corrected chi connectivity index (χ4v) is 8.05. The zero-order chi connectivity index (χ0) is 25.4. The summed E-state index contributed by atoms with van der Waals surface area (Å²) in [7, 11) is -0.167. The highest BCUT2D eigenvalue weighted by molar-refractivity contribution is 7.50. The molecule has 1 atom stereocenters. The van der Waals surface area contributed by atoms with Crippen LogP contribution < -0.4 is 4.74 Å². The molecule has 1 heterocycles. The van der Waals surface area contributed by atoms with Crippen LogP contribution >= 0.6 is 10.5 Å². The third-order valence-corrected chi connectivity index (χ3v) is 9.43. The molecule has 4 aromatic carbocycles. The van der Waals surface area contributed by atoms with Gasteiger partial charge >= 0.3 is 5.97 Å². The Hall–Kier alpha value is -3.89. The smallest absolute Gasteiger partial charge is 0.345 e. The second-order valence-corrected chi connectivity index (χ2v) is 11.6. The van der Waals surface area contributed by atoms with Gasteiger partial charge in [0.2, 0.25) is 0 Å². The Kier molecular flexibility index (Phi) is 6.05. The van der Waals surface area contributed by atoms with Crippen LogP contribution in [0.3, 0.4) is 0 Å². The summed E-state index contributed by atoms with van der Waals surface area (Å²) in [5, 5.41) is 2.63. The normalized spacial score (nSPS) is 16.9. The van der Waals surface area contributed by atoms with Gasteiger partial charge < -0.3 is 9.47 Å². The van der Waals surface area contributed by atoms with Crippen LogP contribution in [-0.4, -0.2) is 12.6 Å². The minimum atomic E-state index is -0.708. The van der Waals surface area contributed by atoms with Crippen LogP contribution in [0, 0.1) is 13.8 Å². The summed E-state index contributed by atoms with van der Waals surface area (Å²) in [5.74, 6) is 0.389. The van der Waals surface area contributed by atoms with Gasteiger partial charge in [0.1, 0.15) is 5.75 Å². The first-order valence-corrected chi connectivity index (χ1v) is 13.9. The van der Waals surface area contributed by atoms with Crippen molar-refractivity contribution in [2.24, 2.45) is 0 Å². The number of esters is 1. The van der Waals surface area contributed by atoms with E-state index in [2.05, 4.69) is 80.6 Å². The van der Waals surface area contributed by atoms with Crippen LogP contribution in [0.2, 0.25) is 0 Å². The molecule has 1 aromatic heterocycles. The van der Waals surface area contributed by atoms with Crippen molar-refractivity contribution in [2.45, 2.75) is 32.3 Å². The molecule has 0 radical (unpaired) electrons. The predicted octanol–water partition coefficient (Wildman–Crippen LogP) is 8.52. The summed E-state index contributed by atoms with van der Waals surface area (Å²) >= 11 is 0. The number of carbonyl (C=O) groups is 1. The van der Waals surface area contributed by atoms with Crippen molar-refractivity contribution in [3.05, 3.63) is 120 Å². The molecule has 1 aliphatic carbocycles. The first-order chi connectivity index (χ1) is 18.1. The molecule has 0 fully saturated rings. The van der Waals surface area contributed by atoms with E-state index in [0.717, 1.165) is 35.3 Å². The van der Waals surface area contributed by atoms with E-state index in [9.17, 15) is 4.79 Å². The molecular formula is C33H29O3S+. The molecule has 0 saturated carbocycles. The van der Waals surface area contributed by atoms with Crippen molar-refractivity contribution >= 4 is 36.6 Å². The molecule has 4 heteroatoms. The topological polar surface area (TPSA) is 35.5 Å². The Morgan fingerprint density at radius 1 is 0.838 bits per heavy atom. The van der Waals surface area contributed by atoms with Gasteiger partial charge in [0.15, 0.2) is 26.5 Å². The fraction of sp³-hybridized carbons (Fsp3) is 0.182. The average molecular weight is 506 g/mol. The quantitative estimate of drug-likeness (QED) is 0.132. The van der Waals surface area contributed by atoms with Crippen LogP contribution in [0.1, 0.15) is 29.5 Å². The lowest BCUT2D eigenvalue weighted by Gasteiger charge is -2.28. The molecule has 1 unspecified atom stereocenters. The van der Waals surface area contributed by atoms with Crippen molar-refractivity contribution in [3.8, 4) is 10.6 Å². The van der Waals surface area contributed by atoms with E-state index in [-0.39, 0.29) is 23.0 Å². The minimum Gasteiger partial charge on any atom is -0.481 e. The van der Waals surface area contributed by atoms with Gasteiger partial charge in [-0.15, -0.1) is 0 Å². The SMILES string of the molecule is Cc1cc(-[s+]2c3ccccc3c3ccccc32)cc(C)c1OCC(=O)OC1(c2ccccc2)C=CCC1. The summed E-state index contributed by atoms with van der Waals surface area (Å²) in [6.45, 7) is 3.99. The molecule has 1 aliphatic rings. The molecule has 0 spiro atoms. The molecule has 0 bridgehead atoms. The monoisotopic (exact) mass is 505 g/mol. The van der Waals surface area contributed by atoms with Gasteiger partial charge in [-0.3, -0.25) is 0 Å². The number of fused-ring (bicyclic) bond motifs is 3. The van der Waals surface area contributed by atoms with E-state index in [0.29, 0.717) is 0 Å². The Morgan fingerprint density at radius 2 is 1.43 bits per heavy atom. The number of allylic oxidation sites excluding steroid dienone is 1. The number of ether oxygens (including phenoxy) is 2. The van der Waals surface area contributed by atoms with Crippen LogP contribution in [0.4, 0.5) is 0 Å². The first kappa shape index (κ1) is 23.5. The van der Waals surface area contributed by atoms with Crippen molar-refractivity contribution in [1.82, 2.24) is 0 Å². The van der Waals surface area contributed by atoms with E-state index in [1.807, 2.05) is 36.4 Å². The number of aryl methyl sites for hydroxylation is 2. The summed E-state index contributed by atoms with van der Waals surface area (Å²) in [6.07, 6.45) is 5.72. The maximum atomic E-state index is 12.9. The molecule has 5 aromatic rings. The Balaban J connectivity index is 1.27. The lowest BCUT2D eigenvalue weighted by atomic mass is 9.93. The molecule has 0 N–H and O–H groups in total. The van der Waals surface area contributed by atoms with Crippen molar-refractivity contribution in [3.63, 3.8) is 0 Å². The van der Waals surface area contributed by atoms with Gasteiger partial charge in [-0.25, -0.2) is 4.79 Å². The minimum absolute atomic E-state index is 0.124. The number of carbonyl (C=O) groups excluding carboxylic acids is 1. The lowest BCUT2D eigenvalue weighted by Crippen LogP contribution is -2.31. The molecule has 184 valence electrons. The number of hydrogen-bond acceptors (Lipinski definition) is 3. The largest absolute Gasteiger partial charge is 0.481 e. The van der Waals surface area contributed by atoms with E-state index < -0.39 is 5.60 Å². The van der Waals surface area contributed by atoms with Gasteiger partial charge in [0.25, 0.3) is 0 Å². The molecular weight excluding hydrogens is 476 g/mol. The second kappa shape index (κ2) is 9.53. The second-order valence-electron chi connectivity index (χ2n) is 9.64. The number of thiophene rings is 1. The fourth-order valence-electron chi connectivity index (χ4n) is 5.49. The van der Waals surface area contributed by atoms with Gasteiger partial charge in [-0.1, -0.05) is 60.7 Å². The van der Waals surface area contributed by atoms with Gasteiger partial charge in [0, 0.05) is 33.4 Å². The summed E-state index contributed by atoms with van der Waals surface area (Å²) in [5.41, 5.74) is 2.33. The van der Waals surface area contributed by atoms with Crippen LogP contribution in [0.25, 0.3) is 25.1 Å². The van der Waals surface area contributed by atoms with E-state index >= 15 is 0 Å². The summed E-state index contributed by atoms with van der Waals surface area (Å²) in [4.78, 5) is 14.2. The van der Waals surface area contributed by atoms with E-state index in [1.54, 1.807) is 0 Å². The number of benzene rings is 4. The zero-order valence-electron chi connectivity index (χ0n) is 21.1. The predicted molar refractivity (Wildman–Crippen MR) is 153 cm³/mol. The first-order valence-electron chi connectivity index (χ1n) is 12.7. The van der Waals surface area contributed by atoms with Gasteiger partial charge in [-0.05, 0) is 73.7 Å². The maximum absolute atomic E-state index is 12.9. The standard InChI is InChI=1S/C33H29O3S/c1-23-20-26(37-29-16-8-6-14-27(29)28-15-7-9-17-30(28)37)21-24(2)32(23)35-22-31(34)36-33(18-10-11-19-33)25-12-4-3-5-13-25/h3-10,12-18,20-21H,11,19,22H2,1-2H3/q+1. The Labute approximate surface area is 219 Å². The molecule has 37 heavy (non-hydrogen) atoms. The summed E-state index contributed by atoms with van der Waals surface area (Å²) in [6, 6.07) is 31.7. The highest BCUT2D eigenvalue weighted by Crippen LogP contribution is 2.49. The van der Waals surface area contributed by atoms with Crippen molar-refractivity contribution in [1.29, 1.82) is 0 Å². The van der Waals surface area contributed by atoms with Crippen LogP contribution in [0.5, 0.6) is 5.75 Å². The molecule has 0 aliphatic heterocycles. The molecule has 0 amide bonds. The summed E-state index contributed by atoms with van der Waals surface area (Å²) < 4.78 is 14.8. The number of rotatable bonds is 6. The molecule has 0 saturated heterocycles. The molecule has 6 rings (SSSR count).